The maximum Gasteiger partial charge on any atom is 0.151 e. The summed E-state index contributed by atoms with van der Waals surface area (Å²) in [5.74, 6) is -0.0556. The molecule has 11 heavy (non-hydrogen) atoms. The summed E-state index contributed by atoms with van der Waals surface area (Å²) in [6.45, 7) is 3.92. The van der Waals surface area contributed by atoms with E-state index in [2.05, 4.69) is 0 Å². The van der Waals surface area contributed by atoms with Crippen LogP contribution in [0.5, 0.6) is 0 Å². The van der Waals surface area contributed by atoms with Crippen molar-refractivity contribution in [1.82, 2.24) is 0 Å². The average Bonchev–Trinajstić information content (AvgIpc) is 2.00. The Bertz CT molecular complexity index is 121. The highest BCUT2D eigenvalue weighted by Gasteiger charge is 2.26. The molecule has 3 nitrogen and oxygen atoms in total. The molecule has 0 amide bonds. The zero-order valence-corrected chi connectivity index (χ0v) is 7.33. The van der Waals surface area contributed by atoms with Gasteiger partial charge in [-0.3, -0.25) is 0 Å². The summed E-state index contributed by atoms with van der Waals surface area (Å²) in [5.41, 5.74) is -1.21. The molecule has 0 aliphatic heterocycles. The number of carbonyl (C=O) groups excluding carboxylic acids is 1. The number of hydrogen-bond donors (Lipinski definition) is 1. The van der Waals surface area contributed by atoms with Crippen LogP contribution in [0.1, 0.15) is 20.3 Å². The van der Waals surface area contributed by atoms with E-state index in [0.29, 0.717) is 19.3 Å². The highest BCUT2D eigenvalue weighted by molar-refractivity contribution is 5.61. The van der Waals surface area contributed by atoms with Crippen LogP contribution in [-0.2, 0) is 9.53 Å². The maximum atomic E-state index is 10.3. The van der Waals surface area contributed by atoms with E-state index in [0.717, 1.165) is 0 Å². The fourth-order valence-corrected chi connectivity index (χ4v) is 0.703. The van der Waals surface area contributed by atoms with Crippen molar-refractivity contribution in [3.05, 3.63) is 0 Å². The molecule has 2 atom stereocenters. The van der Waals surface area contributed by atoms with E-state index >= 15 is 0 Å². The summed E-state index contributed by atoms with van der Waals surface area (Å²) in [7, 11) is 1.60. The van der Waals surface area contributed by atoms with Gasteiger partial charge in [-0.15, -0.1) is 0 Å². The lowest BCUT2D eigenvalue weighted by atomic mass is 9.90. The third-order valence-electron chi connectivity index (χ3n) is 1.99. The second-order valence-corrected chi connectivity index (χ2v) is 3.03. The van der Waals surface area contributed by atoms with Gasteiger partial charge in [-0.05, 0) is 19.3 Å². The average molecular weight is 160 g/mol. The third-order valence-corrected chi connectivity index (χ3v) is 1.99. The summed E-state index contributed by atoms with van der Waals surface area (Å²) < 4.78 is 4.83. The number of aldehydes is 1. The highest BCUT2D eigenvalue weighted by Crippen LogP contribution is 2.17. The molecule has 0 heterocycles. The molecule has 0 aromatic heterocycles. The van der Waals surface area contributed by atoms with Crippen LogP contribution >= 0.6 is 0 Å². The Balaban J connectivity index is 3.80. The molecule has 1 N–H and O–H groups in total. The molecule has 0 saturated carbocycles. The van der Waals surface area contributed by atoms with E-state index in [1.807, 2.05) is 6.92 Å². The molecule has 0 saturated heterocycles. The van der Waals surface area contributed by atoms with Crippen LogP contribution in [0.15, 0.2) is 0 Å². The largest absolute Gasteiger partial charge is 0.385 e. The fraction of sp³-hybridized carbons (Fsp3) is 0.875. The molecular weight excluding hydrogens is 144 g/mol. The van der Waals surface area contributed by atoms with Crippen LogP contribution < -0.4 is 0 Å². The molecule has 0 spiro atoms. The van der Waals surface area contributed by atoms with Crippen LogP contribution in [0.25, 0.3) is 0 Å². The Hall–Kier alpha value is -0.410. The Morgan fingerprint density at radius 2 is 2.27 bits per heavy atom. The van der Waals surface area contributed by atoms with Gasteiger partial charge >= 0.3 is 0 Å². The Kier molecular flexibility index (Phi) is 4.30. The van der Waals surface area contributed by atoms with Crippen molar-refractivity contribution in [2.45, 2.75) is 25.9 Å². The van der Waals surface area contributed by atoms with Crippen LogP contribution in [0.4, 0.5) is 0 Å². The predicted octanol–water partition coefficient (Wildman–Crippen LogP) is 0.609. The minimum absolute atomic E-state index is 0.0556. The van der Waals surface area contributed by atoms with Gasteiger partial charge in [0, 0.05) is 13.7 Å². The summed E-state index contributed by atoms with van der Waals surface area (Å²) >= 11 is 0. The fourth-order valence-electron chi connectivity index (χ4n) is 0.703. The molecule has 0 fully saturated rings. The summed E-state index contributed by atoms with van der Waals surface area (Å²) in [6.07, 6.45) is 1.27. The number of aliphatic hydroxyl groups is 1. The molecule has 0 rings (SSSR count). The monoisotopic (exact) mass is 160 g/mol. The number of methoxy groups -OCH3 is 1. The first-order valence-electron chi connectivity index (χ1n) is 3.72. The summed E-state index contributed by atoms with van der Waals surface area (Å²) in [6, 6.07) is 0. The van der Waals surface area contributed by atoms with E-state index in [1.165, 1.54) is 6.92 Å². The summed E-state index contributed by atoms with van der Waals surface area (Å²) in [4.78, 5) is 10.3. The first kappa shape index (κ1) is 10.6. The molecule has 3 heteroatoms. The second-order valence-electron chi connectivity index (χ2n) is 3.03. The van der Waals surface area contributed by atoms with Crippen molar-refractivity contribution in [1.29, 1.82) is 0 Å². The van der Waals surface area contributed by atoms with Gasteiger partial charge in [-0.25, -0.2) is 0 Å². The third kappa shape index (κ3) is 3.49. The predicted molar refractivity (Wildman–Crippen MR) is 42.3 cm³/mol. The zero-order chi connectivity index (χ0) is 8.91. The van der Waals surface area contributed by atoms with Crippen molar-refractivity contribution in [2.24, 2.45) is 5.92 Å². The molecule has 0 aromatic carbocycles. The van der Waals surface area contributed by atoms with Crippen LogP contribution in [0.2, 0.25) is 0 Å². The van der Waals surface area contributed by atoms with Gasteiger partial charge in [-0.2, -0.15) is 0 Å². The number of ether oxygens (including phenoxy) is 1. The van der Waals surface area contributed by atoms with Gasteiger partial charge in [0.1, 0.15) is 5.60 Å². The van der Waals surface area contributed by atoms with Crippen LogP contribution in [-0.4, -0.2) is 30.7 Å². The van der Waals surface area contributed by atoms with Crippen molar-refractivity contribution in [3.63, 3.8) is 0 Å². The van der Waals surface area contributed by atoms with E-state index < -0.39 is 5.60 Å². The van der Waals surface area contributed by atoms with E-state index in [-0.39, 0.29) is 5.92 Å². The van der Waals surface area contributed by atoms with E-state index in [1.54, 1.807) is 7.11 Å². The van der Waals surface area contributed by atoms with Gasteiger partial charge in [-0.1, -0.05) is 6.92 Å². The smallest absolute Gasteiger partial charge is 0.151 e. The summed E-state index contributed by atoms with van der Waals surface area (Å²) in [5, 5.41) is 9.39. The molecular formula is C8H16O3. The lowest BCUT2D eigenvalue weighted by molar-refractivity contribution is -0.127. The molecule has 0 aromatic rings. The SMILES string of the molecule is COCCC(C)C(C)(O)C=O. The molecule has 2 unspecified atom stereocenters. The Morgan fingerprint density at radius 1 is 1.73 bits per heavy atom. The first-order chi connectivity index (χ1) is 5.04. The van der Waals surface area contributed by atoms with Crippen molar-refractivity contribution in [3.8, 4) is 0 Å². The standard InChI is InChI=1S/C8H16O3/c1-7(4-5-11-3)8(2,10)6-9/h6-7,10H,4-5H2,1-3H3. The zero-order valence-electron chi connectivity index (χ0n) is 7.33. The minimum atomic E-state index is -1.21. The lowest BCUT2D eigenvalue weighted by Gasteiger charge is -2.23. The molecule has 0 aliphatic rings. The molecule has 0 radical (unpaired) electrons. The van der Waals surface area contributed by atoms with Crippen molar-refractivity contribution >= 4 is 6.29 Å². The van der Waals surface area contributed by atoms with E-state index in [9.17, 15) is 9.90 Å². The molecule has 0 aliphatic carbocycles. The van der Waals surface area contributed by atoms with Crippen LogP contribution in [0, 0.1) is 5.92 Å². The van der Waals surface area contributed by atoms with Gasteiger partial charge in [0.05, 0.1) is 0 Å². The maximum absolute atomic E-state index is 10.3. The van der Waals surface area contributed by atoms with Gasteiger partial charge in [0.15, 0.2) is 6.29 Å². The first-order valence-corrected chi connectivity index (χ1v) is 3.72. The van der Waals surface area contributed by atoms with E-state index in [4.69, 9.17) is 4.74 Å². The Morgan fingerprint density at radius 3 is 2.64 bits per heavy atom. The quantitative estimate of drug-likeness (QED) is 0.599. The van der Waals surface area contributed by atoms with Gasteiger partial charge in [0.2, 0.25) is 0 Å². The van der Waals surface area contributed by atoms with Gasteiger partial charge in [0.25, 0.3) is 0 Å². The number of hydrogen-bond acceptors (Lipinski definition) is 3. The molecule has 66 valence electrons. The van der Waals surface area contributed by atoms with Crippen molar-refractivity contribution in [2.75, 3.05) is 13.7 Å². The normalized spacial score (nSPS) is 18.9. The van der Waals surface area contributed by atoms with Crippen molar-refractivity contribution < 1.29 is 14.6 Å². The number of carbonyl (C=O) groups is 1. The topological polar surface area (TPSA) is 46.5 Å². The lowest BCUT2D eigenvalue weighted by Crippen LogP contribution is -2.35. The van der Waals surface area contributed by atoms with Crippen LogP contribution in [0.3, 0.4) is 0 Å². The Labute approximate surface area is 67.4 Å². The molecule has 0 bridgehead atoms. The number of rotatable bonds is 5. The highest BCUT2D eigenvalue weighted by atomic mass is 16.5. The van der Waals surface area contributed by atoms with Gasteiger partial charge < -0.3 is 14.6 Å². The minimum Gasteiger partial charge on any atom is -0.385 e. The second kappa shape index (κ2) is 4.46.